The van der Waals surface area contributed by atoms with E-state index < -0.39 is 10.0 Å². The topological polar surface area (TPSA) is 84.9 Å². The molecule has 3 rings (SSSR count). The summed E-state index contributed by atoms with van der Waals surface area (Å²) in [6.07, 6.45) is 4.78. The van der Waals surface area contributed by atoms with Crippen molar-refractivity contribution in [3.63, 3.8) is 0 Å². The van der Waals surface area contributed by atoms with Crippen LogP contribution in [0.25, 0.3) is 0 Å². The molecule has 0 atom stereocenters. The molecule has 168 valence electrons. The molecule has 7 nitrogen and oxygen atoms in total. The number of para-hydroxylation sites is 2. The van der Waals surface area contributed by atoms with Gasteiger partial charge in [0.15, 0.2) is 18.1 Å². The molecule has 8 heteroatoms. The smallest absolute Gasteiger partial charge is 0.262 e. The minimum atomic E-state index is -3.51. The number of sulfonamides is 1. The Balaban J connectivity index is 1.57. The Labute approximate surface area is 184 Å². The first-order valence-electron chi connectivity index (χ1n) is 10.8. The first-order valence-corrected chi connectivity index (χ1v) is 12.2. The van der Waals surface area contributed by atoms with Crippen LogP contribution >= 0.6 is 0 Å². The summed E-state index contributed by atoms with van der Waals surface area (Å²) in [5, 5.41) is 2.73. The molecule has 0 aliphatic carbocycles. The predicted molar refractivity (Wildman–Crippen MR) is 120 cm³/mol. The van der Waals surface area contributed by atoms with E-state index in [1.165, 1.54) is 12.1 Å². The quantitative estimate of drug-likeness (QED) is 0.628. The van der Waals surface area contributed by atoms with Crippen molar-refractivity contribution in [1.29, 1.82) is 0 Å². The summed E-state index contributed by atoms with van der Waals surface area (Å²) in [5.74, 6) is 0.763. The van der Waals surface area contributed by atoms with Crippen LogP contribution in [0.5, 0.6) is 11.5 Å². The van der Waals surface area contributed by atoms with Crippen molar-refractivity contribution in [2.75, 3.05) is 31.6 Å². The minimum absolute atomic E-state index is 0.180. The van der Waals surface area contributed by atoms with Crippen LogP contribution in [0.1, 0.15) is 39.0 Å². The minimum Gasteiger partial charge on any atom is -0.490 e. The Kier molecular flexibility index (Phi) is 8.31. The second-order valence-electron chi connectivity index (χ2n) is 7.47. The van der Waals surface area contributed by atoms with E-state index in [0.717, 1.165) is 32.1 Å². The van der Waals surface area contributed by atoms with Crippen LogP contribution < -0.4 is 14.8 Å². The third-order valence-corrected chi connectivity index (χ3v) is 6.92. The van der Waals surface area contributed by atoms with Crippen LogP contribution in [0.15, 0.2) is 53.4 Å². The van der Waals surface area contributed by atoms with Gasteiger partial charge >= 0.3 is 0 Å². The number of carbonyl (C=O) groups excluding carboxylic acids is 1. The molecule has 0 spiro atoms. The van der Waals surface area contributed by atoms with Crippen molar-refractivity contribution in [1.82, 2.24) is 4.31 Å². The number of rotatable bonds is 9. The first kappa shape index (κ1) is 23.1. The maximum atomic E-state index is 12.8. The van der Waals surface area contributed by atoms with Crippen LogP contribution in [-0.4, -0.2) is 44.9 Å². The van der Waals surface area contributed by atoms with Gasteiger partial charge in [-0.3, -0.25) is 4.79 Å². The fraction of sp³-hybridized carbons (Fsp3) is 0.435. The molecule has 0 unspecified atom stereocenters. The Morgan fingerprint density at radius 1 is 0.935 bits per heavy atom. The lowest BCUT2D eigenvalue weighted by Crippen LogP contribution is -2.31. The molecule has 2 aromatic carbocycles. The lowest BCUT2D eigenvalue weighted by Gasteiger charge is -2.20. The summed E-state index contributed by atoms with van der Waals surface area (Å²) in [5.41, 5.74) is 0.513. The number of ether oxygens (including phenoxy) is 2. The number of anilines is 1. The van der Waals surface area contributed by atoms with E-state index in [-0.39, 0.29) is 17.4 Å². The van der Waals surface area contributed by atoms with Crippen molar-refractivity contribution in [3.05, 3.63) is 48.5 Å². The zero-order valence-corrected chi connectivity index (χ0v) is 18.7. The highest BCUT2D eigenvalue weighted by molar-refractivity contribution is 7.89. The van der Waals surface area contributed by atoms with Crippen molar-refractivity contribution in [2.45, 2.75) is 43.9 Å². The molecule has 0 radical (unpaired) electrons. The normalized spacial score (nSPS) is 15.1. The van der Waals surface area contributed by atoms with Gasteiger partial charge in [-0.05, 0) is 55.7 Å². The molecular weight excluding hydrogens is 416 g/mol. The van der Waals surface area contributed by atoms with Crippen molar-refractivity contribution in [3.8, 4) is 11.5 Å². The van der Waals surface area contributed by atoms with E-state index >= 15 is 0 Å². The van der Waals surface area contributed by atoms with E-state index in [4.69, 9.17) is 9.47 Å². The highest BCUT2D eigenvalue weighted by Crippen LogP contribution is 2.26. The van der Waals surface area contributed by atoms with Gasteiger partial charge in [0.1, 0.15) is 0 Å². The van der Waals surface area contributed by atoms with E-state index in [0.29, 0.717) is 36.9 Å². The number of amides is 1. The number of hydrogen-bond donors (Lipinski definition) is 1. The van der Waals surface area contributed by atoms with Gasteiger partial charge in [0.2, 0.25) is 10.0 Å². The van der Waals surface area contributed by atoms with E-state index in [1.807, 2.05) is 19.1 Å². The van der Waals surface area contributed by atoms with Crippen molar-refractivity contribution >= 4 is 21.6 Å². The summed E-state index contributed by atoms with van der Waals surface area (Å²) in [7, 11) is -3.51. The summed E-state index contributed by atoms with van der Waals surface area (Å²) in [6, 6.07) is 13.5. The summed E-state index contributed by atoms with van der Waals surface area (Å²) >= 11 is 0. The number of nitrogens with zero attached hydrogens (tertiary/aromatic N) is 1. The average molecular weight is 447 g/mol. The maximum Gasteiger partial charge on any atom is 0.262 e. The molecule has 1 heterocycles. The van der Waals surface area contributed by atoms with Gasteiger partial charge in [0.25, 0.3) is 5.91 Å². The molecule has 1 N–H and O–H groups in total. The van der Waals surface area contributed by atoms with E-state index in [2.05, 4.69) is 5.32 Å². The number of nitrogens with one attached hydrogen (secondary N) is 1. The Bertz CT molecular complexity index is 952. The number of hydrogen-bond acceptors (Lipinski definition) is 5. The Morgan fingerprint density at radius 3 is 2.16 bits per heavy atom. The van der Waals surface area contributed by atoms with Gasteiger partial charge in [0.05, 0.1) is 11.5 Å². The van der Waals surface area contributed by atoms with Crippen LogP contribution in [0.4, 0.5) is 5.69 Å². The molecule has 1 aliphatic rings. The fourth-order valence-electron chi connectivity index (χ4n) is 3.38. The van der Waals surface area contributed by atoms with Crippen molar-refractivity contribution in [2.24, 2.45) is 0 Å². The van der Waals surface area contributed by atoms with Crippen LogP contribution in [0, 0.1) is 0 Å². The molecule has 2 aromatic rings. The van der Waals surface area contributed by atoms with E-state index in [9.17, 15) is 13.2 Å². The van der Waals surface area contributed by atoms with Crippen LogP contribution in [0.2, 0.25) is 0 Å². The predicted octanol–water partition coefficient (Wildman–Crippen LogP) is 4.06. The van der Waals surface area contributed by atoms with Crippen LogP contribution in [-0.2, 0) is 14.8 Å². The fourth-order valence-corrected chi connectivity index (χ4v) is 4.90. The zero-order valence-electron chi connectivity index (χ0n) is 17.9. The molecule has 1 fully saturated rings. The van der Waals surface area contributed by atoms with Gasteiger partial charge < -0.3 is 14.8 Å². The van der Waals surface area contributed by atoms with Gasteiger partial charge in [-0.2, -0.15) is 4.31 Å². The Hall–Kier alpha value is -2.58. The van der Waals surface area contributed by atoms with Gasteiger partial charge in [-0.15, -0.1) is 0 Å². The summed E-state index contributed by atoms with van der Waals surface area (Å²) in [6.45, 7) is 3.52. The maximum absolute atomic E-state index is 12.8. The summed E-state index contributed by atoms with van der Waals surface area (Å²) < 4.78 is 38.5. The van der Waals surface area contributed by atoms with Gasteiger partial charge in [-0.25, -0.2) is 8.42 Å². The second-order valence-corrected chi connectivity index (χ2v) is 9.41. The SMILES string of the molecule is CCCOc1ccccc1OCC(=O)Nc1ccc(S(=O)(=O)N2CCCCCC2)cc1. The van der Waals surface area contributed by atoms with Crippen LogP contribution in [0.3, 0.4) is 0 Å². The third-order valence-electron chi connectivity index (χ3n) is 5.01. The molecule has 0 saturated carbocycles. The zero-order chi connectivity index (χ0) is 22.1. The van der Waals surface area contributed by atoms with E-state index in [1.54, 1.807) is 28.6 Å². The first-order chi connectivity index (χ1) is 15.0. The largest absolute Gasteiger partial charge is 0.490 e. The lowest BCUT2D eigenvalue weighted by atomic mass is 10.2. The number of carbonyl (C=O) groups is 1. The second kappa shape index (κ2) is 11.2. The third kappa shape index (κ3) is 6.45. The lowest BCUT2D eigenvalue weighted by molar-refractivity contribution is -0.118. The molecule has 1 saturated heterocycles. The van der Waals surface area contributed by atoms with Crippen molar-refractivity contribution < 1.29 is 22.7 Å². The standard InChI is InChI=1S/C23H30N2O5S/c1-2-17-29-21-9-5-6-10-22(21)30-18-23(26)24-19-11-13-20(14-12-19)31(27,28)25-15-7-3-4-8-16-25/h5-6,9-14H,2-4,7-8,15-18H2,1H3,(H,24,26). The average Bonchev–Trinajstić information content (AvgIpc) is 3.07. The van der Waals surface area contributed by atoms with Gasteiger partial charge in [-0.1, -0.05) is 31.9 Å². The molecule has 1 aliphatic heterocycles. The van der Waals surface area contributed by atoms with Gasteiger partial charge in [0, 0.05) is 18.8 Å². The number of benzene rings is 2. The Morgan fingerprint density at radius 2 is 1.55 bits per heavy atom. The molecule has 0 bridgehead atoms. The molecule has 31 heavy (non-hydrogen) atoms. The molecule has 1 amide bonds. The monoisotopic (exact) mass is 446 g/mol. The highest BCUT2D eigenvalue weighted by atomic mass is 32.2. The molecular formula is C23H30N2O5S. The molecule has 0 aromatic heterocycles. The summed E-state index contributed by atoms with van der Waals surface area (Å²) in [4.78, 5) is 12.5. The highest BCUT2D eigenvalue weighted by Gasteiger charge is 2.25.